The van der Waals surface area contributed by atoms with E-state index in [2.05, 4.69) is 0 Å². The van der Waals surface area contributed by atoms with Gasteiger partial charge in [0.1, 0.15) is 0 Å². The molecule has 0 amide bonds. The monoisotopic (exact) mass is 258 g/mol. The molecule has 0 aliphatic rings. The Balaban J connectivity index is -0.000000218. The van der Waals surface area contributed by atoms with Crippen LogP contribution in [0.25, 0.3) is 0 Å². The Hall–Kier alpha value is -0.770. The van der Waals surface area contributed by atoms with Gasteiger partial charge in [-0.2, -0.15) is 0 Å². The molecule has 0 saturated carbocycles. The molecule has 0 fully saturated rings. The number of hydrogen-bond donors (Lipinski definition) is 0. The molecule has 8 heteroatoms. The summed E-state index contributed by atoms with van der Waals surface area (Å²) in [5, 5.41) is 10.0. The first kappa shape index (κ1) is 18.9. The number of halogens is 2. The second-order valence-electron chi connectivity index (χ2n) is 1.67. The van der Waals surface area contributed by atoms with Gasteiger partial charge in [-0.3, -0.25) is 10.1 Å². The summed E-state index contributed by atoms with van der Waals surface area (Å²) in [5.41, 5.74) is 0.137. The standard InChI is InChI=1S/C6H5NO2.2ClH.O2P/c8-7(9)6-4-2-1-3-5-6;;;1-3-2/h1-5H;2*1H;. The minimum atomic E-state index is -1.08. The number of nitro benzene ring substituents is 1. The molecule has 1 radical (unpaired) electrons. The third kappa shape index (κ3) is 9.32. The van der Waals surface area contributed by atoms with Gasteiger partial charge >= 0.3 is 17.5 Å². The first-order valence-corrected chi connectivity index (χ1v) is 3.59. The summed E-state index contributed by atoms with van der Waals surface area (Å²) in [4.78, 5) is 9.59. The third-order valence-electron chi connectivity index (χ3n) is 0.967. The zero-order valence-electron chi connectivity index (χ0n) is 6.73. The number of nitrogens with zero attached hydrogens (tertiary/aromatic N) is 1. The average molecular weight is 259 g/mol. The normalized spacial score (nSPS) is 6.29. The van der Waals surface area contributed by atoms with Crippen LogP contribution in [0.2, 0.25) is 0 Å². The van der Waals surface area contributed by atoms with E-state index >= 15 is 0 Å². The summed E-state index contributed by atoms with van der Waals surface area (Å²) in [6, 6.07) is 7.93. The van der Waals surface area contributed by atoms with Gasteiger partial charge in [0.25, 0.3) is 5.69 Å². The van der Waals surface area contributed by atoms with E-state index < -0.39 is 13.3 Å². The molecule has 0 aliphatic heterocycles. The van der Waals surface area contributed by atoms with Gasteiger partial charge in [-0.25, -0.2) is 0 Å². The molecule has 79 valence electrons. The fourth-order valence-corrected chi connectivity index (χ4v) is 0.550. The summed E-state index contributed by atoms with van der Waals surface area (Å²) in [6.07, 6.45) is 0. The van der Waals surface area contributed by atoms with Gasteiger partial charge in [-0.15, -0.1) is 24.8 Å². The Morgan fingerprint density at radius 1 is 1.07 bits per heavy atom. The molecule has 0 heterocycles. The number of nitro groups is 1. The van der Waals surface area contributed by atoms with Crippen molar-refractivity contribution in [3.63, 3.8) is 0 Å². The Labute approximate surface area is 93.7 Å². The SMILES string of the molecule is Cl.Cl.O=[N+]([O-])c1ccccc1.O=[P]=O. The Kier molecular flexibility index (Phi) is 16.5. The van der Waals surface area contributed by atoms with Crippen molar-refractivity contribution in [2.24, 2.45) is 0 Å². The number of hydrogen-bond acceptors (Lipinski definition) is 4. The van der Waals surface area contributed by atoms with Crippen LogP contribution in [0, 0.1) is 10.1 Å². The van der Waals surface area contributed by atoms with Gasteiger partial charge in [0.15, 0.2) is 0 Å². The van der Waals surface area contributed by atoms with Crippen molar-refractivity contribution in [3.05, 3.63) is 40.4 Å². The van der Waals surface area contributed by atoms with Gasteiger partial charge in [-0.1, -0.05) is 18.2 Å². The zero-order valence-corrected chi connectivity index (χ0v) is 9.26. The van der Waals surface area contributed by atoms with Crippen molar-refractivity contribution in [3.8, 4) is 0 Å². The van der Waals surface area contributed by atoms with Crippen LogP contribution >= 0.6 is 33.2 Å². The van der Waals surface area contributed by atoms with Crippen LogP contribution in [0.5, 0.6) is 0 Å². The molecule has 0 N–H and O–H groups in total. The third-order valence-corrected chi connectivity index (χ3v) is 0.967. The molecule has 0 atom stereocenters. The molecule has 0 bridgehead atoms. The molecule has 0 unspecified atom stereocenters. The quantitative estimate of drug-likeness (QED) is 0.441. The average Bonchev–Trinajstić information content (AvgIpc) is 2.07. The molecule has 14 heavy (non-hydrogen) atoms. The molecule has 0 aliphatic carbocycles. The fraction of sp³-hybridized carbons (Fsp3) is 0. The van der Waals surface area contributed by atoms with Crippen LogP contribution in [0.3, 0.4) is 0 Å². The van der Waals surface area contributed by atoms with E-state index in [1.165, 1.54) is 12.1 Å². The predicted octanol–water partition coefficient (Wildman–Crippen LogP) is 3.06. The number of rotatable bonds is 1. The van der Waals surface area contributed by atoms with Crippen molar-refractivity contribution in [2.75, 3.05) is 0 Å². The summed E-state index contributed by atoms with van der Waals surface area (Å²) in [7, 11) is -1.08. The second-order valence-corrected chi connectivity index (χ2v) is 1.82. The van der Waals surface area contributed by atoms with Crippen LogP contribution in [-0.2, 0) is 9.13 Å². The maximum absolute atomic E-state index is 10.0. The molecule has 5 nitrogen and oxygen atoms in total. The van der Waals surface area contributed by atoms with Crippen LogP contribution < -0.4 is 0 Å². The minimum absolute atomic E-state index is 0. The topological polar surface area (TPSA) is 77.3 Å². The van der Waals surface area contributed by atoms with Crippen molar-refractivity contribution in [2.45, 2.75) is 0 Å². The van der Waals surface area contributed by atoms with Gasteiger partial charge < -0.3 is 0 Å². The van der Waals surface area contributed by atoms with Crippen LogP contribution in [-0.4, -0.2) is 4.92 Å². The fourth-order valence-electron chi connectivity index (χ4n) is 0.550. The number of para-hydroxylation sites is 1. The van der Waals surface area contributed by atoms with E-state index in [-0.39, 0.29) is 30.5 Å². The van der Waals surface area contributed by atoms with Gasteiger partial charge in [0, 0.05) is 12.1 Å². The van der Waals surface area contributed by atoms with Crippen molar-refractivity contribution >= 4 is 38.8 Å². The summed E-state index contributed by atoms with van der Waals surface area (Å²) >= 11 is 0. The summed E-state index contributed by atoms with van der Waals surface area (Å²) in [6.45, 7) is 0. The van der Waals surface area contributed by atoms with Crippen molar-refractivity contribution in [1.82, 2.24) is 0 Å². The molecule has 0 aromatic heterocycles. The van der Waals surface area contributed by atoms with Gasteiger partial charge in [-0.05, 0) is 0 Å². The molecule has 0 saturated heterocycles. The second kappa shape index (κ2) is 12.2. The Morgan fingerprint density at radius 2 is 1.43 bits per heavy atom. The molecular formula is C6H7Cl2NO4P. The summed E-state index contributed by atoms with van der Waals surface area (Å²) < 4.78 is 16.7. The van der Waals surface area contributed by atoms with Crippen molar-refractivity contribution < 1.29 is 14.1 Å². The molecule has 1 rings (SSSR count). The van der Waals surface area contributed by atoms with E-state index in [0.717, 1.165) is 0 Å². The number of benzene rings is 1. The van der Waals surface area contributed by atoms with E-state index in [0.29, 0.717) is 0 Å². The first-order valence-electron chi connectivity index (χ1n) is 2.86. The van der Waals surface area contributed by atoms with E-state index in [9.17, 15) is 10.1 Å². The molecule has 0 spiro atoms. The molecule has 1 aromatic rings. The molecular weight excluding hydrogens is 252 g/mol. The van der Waals surface area contributed by atoms with Gasteiger partial charge in [0.2, 0.25) is 0 Å². The maximum atomic E-state index is 10.0. The van der Waals surface area contributed by atoms with E-state index in [1.54, 1.807) is 18.2 Å². The number of non-ortho nitro benzene ring substituents is 1. The van der Waals surface area contributed by atoms with Crippen LogP contribution in [0.1, 0.15) is 0 Å². The van der Waals surface area contributed by atoms with Crippen LogP contribution in [0.4, 0.5) is 5.69 Å². The van der Waals surface area contributed by atoms with E-state index in [1.807, 2.05) is 0 Å². The van der Waals surface area contributed by atoms with Gasteiger partial charge in [0.05, 0.1) is 4.92 Å². The predicted molar refractivity (Wildman–Crippen MR) is 55.9 cm³/mol. The zero-order chi connectivity index (χ0) is 9.40. The first-order chi connectivity index (χ1) is 5.72. The van der Waals surface area contributed by atoms with E-state index in [4.69, 9.17) is 9.13 Å². The molecule has 1 aromatic carbocycles. The Bertz CT molecular complexity index is 289. The summed E-state index contributed by atoms with van der Waals surface area (Å²) in [5.74, 6) is 0. The van der Waals surface area contributed by atoms with Crippen LogP contribution in [0.15, 0.2) is 30.3 Å². The van der Waals surface area contributed by atoms with Crippen molar-refractivity contribution in [1.29, 1.82) is 0 Å². The Morgan fingerprint density at radius 3 is 1.64 bits per heavy atom.